The van der Waals surface area contributed by atoms with Crippen LogP contribution in [0.4, 0.5) is 0 Å². The zero-order valence-corrected chi connectivity index (χ0v) is 7.22. The van der Waals surface area contributed by atoms with E-state index in [0.29, 0.717) is 0 Å². The van der Waals surface area contributed by atoms with Crippen LogP contribution in [-0.4, -0.2) is 11.2 Å². The summed E-state index contributed by atoms with van der Waals surface area (Å²) < 4.78 is 0. The van der Waals surface area contributed by atoms with Crippen LogP contribution in [0.5, 0.6) is 0 Å². The van der Waals surface area contributed by atoms with Gasteiger partial charge in [-0.3, -0.25) is 0 Å². The second kappa shape index (κ2) is 3.77. The third kappa shape index (κ3) is 2.53. The van der Waals surface area contributed by atoms with Crippen LogP contribution in [0.15, 0.2) is 12.7 Å². The van der Waals surface area contributed by atoms with Crippen molar-refractivity contribution in [3.63, 3.8) is 0 Å². The van der Waals surface area contributed by atoms with E-state index in [2.05, 4.69) is 13.5 Å². The summed E-state index contributed by atoms with van der Waals surface area (Å²) in [6.07, 6.45) is 3.46. The second-order valence-electron chi connectivity index (χ2n) is 3.33. The molecule has 0 spiro atoms. The molecule has 10 heavy (non-hydrogen) atoms. The lowest BCUT2D eigenvalue weighted by atomic mass is 9.84. The van der Waals surface area contributed by atoms with Gasteiger partial charge < -0.3 is 5.11 Å². The van der Waals surface area contributed by atoms with Crippen molar-refractivity contribution in [3.05, 3.63) is 12.7 Å². The molecule has 1 unspecified atom stereocenters. The minimum Gasteiger partial charge on any atom is -0.392 e. The Hall–Kier alpha value is -0.300. The van der Waals surface area contributed by atoms with E-state index >= 15 is 0 Å². The SMILES string of the molecule is C=CC(C)(C)C(O)CCC. The molecule has 1 N–H and O–H groups in total. The van der Waals surface area contributed by atoms with Crippen molar-refractivity contribution in [1.82, 2.24) is 0 Å². The molecule has 0 aliphatic rings. The number of rotatable bonds is 4. The Morgan fingerprint density at radius 2 is 2.10 bits per heavy atom. The van der Waals surface area contributed by atoms with Crippen LogP contribution in [0, 0.1) is 5.41 Å². The first-order valence-electron chi connectivity index (χ1n) is 3.86. The normalized spacial score (nSPS) is 14.8. The molecule has 0 radical (unpaired) electrons. The van der Waals surface area contributed by atoms with Gasteiger partial charge in [-0.25, -0.2) is 0 Å². The van der Waals surface area contributed by atoms with Gasteiger partial charge in [0, 0.05) is 5.41 Å². The van der Waals surface area contributed by atoms with Gasteiger partial charge in [0.15, 0.2) is 0 Å². The van der Waals surface area contributed by atoms with Crippen molar-refractivity contribution < 1.29 is 5.11 Å². The Morgan fingerprint density at radius 3 is 2.40 bits per heavy atom. The molecule has 1 nitrogen and oxygen atoms in total. The van der Waals surface area contributed by atoms with E-state index in [0.717, 1.165) is 12.8 Å². The highest BCUT2D eigenvalue weighted by atomic mass is 16.3. The van der Waals surface area contributed by atoms with Gasteiger partial charge in [0.05, 0.1) is 6.10 Å². The summed E-state index contributed by atoms with van der Waals surface area (Å²) in [4.78, 5) is 0. The van der Waals surface area contributed by atoms with Gasteiger partial charge in [-0.05, 0) is 6.42 Å². The van der Waals surface area contributed by atoms with Gasteiger partial charge in [-0.2, -0.15) is 0 Å². The molecule has 0 aliphatic carbocycles. The second-order valence-corrected chi connectivity index (χ2v) is 3.33. The number of hydrogen-bond donors (Lipinski definition) is 1. The number of hydrogen-bond acceptors (Lipinski definition) is 1. The molecule has 0 aromatic heterocycles. The lowest BCUT2D eigenvalue weighted by molar-refractivity contribution is 0.0735. The van der Waals surface area contributed by atoms with Crippen LogP contribution in [0.1, 0.15) is 33.6 Å². The summed E-state index contributed by atoms with van der Waals surface area (Å²) in [6, 6.07) is 0. The van der Waals surface area contributed by atoms with Crippen LogP contribution in [0.2, 0.25) is 0 Å². The maximum atomic E-state index is 9.51. The minimum absolute atomic E-state index is 0.129. The number of aliphatic hydroxyl groups is 1. The zero-order chi connectivity index (χ0) is 8.20. The van der Waals surface area contributed by atoms with Crippen molar-refractivity contribution in [2.24, 2.45) is 5.41 Å². The highest BCUT2D eigenvalue weighted by Crippen LogP contribution is 2.24. The Kier molecular flexibility index (Phi) is 3.66. The highest BCUT2D eigenvalue weighted by molar-refractivity contribution is 4.92. The highest BCUT2D eigenvalue weighted by Gasteiger charge is 2.22. The topological polar surface area (TPSA) is 20.2 Å². The van der Waals surface area contributed by atoms with Crippen LogP contribution in [0.3, 0.4) is 0 Å². The first-order chi connectivity index (χ1) is 4.54. The van der Waals surface area contributed by atoms with E-state index in [1.54, 1.807) is 0 Å². The summed E-state index contributed by atoms with van der Waals surface area (Å²) >= 11 is 0. The number of aliphatic hydroxyl groups excluding tert-OH is 1. The summed E-state index contributed by atoms with van der Waals surface area (Å²) in [7, 11) is 0. The fraction of sp³-hybridized carbons (Fsp3) is 0.778. The first-order valence-corrected chi connectivity index (χ1v) is 3.86. The van der Waals surface area contributed by atoms with Crippen molar-refractivity contribution in [2.75, 3.05) is 0 Å². The largest absolute Gasteiger partial charge is 0.392 e. The summed E-state index contributed by atoms with van der Waals surface area (Å²) in [5.41, 5.74) is -0.129. The molecule has 0 bridgehead atoms. The van der Waals surface area contributed by atoms with Gasteiger partial charge in [0.2, 0.25) is 0 Å². The van der Waals surface area contributed by atoms with E-state index in [1.165, 1.54) is 0 Å². The molecular weight excluding hydrogens is 124 g/mol. The molecule has 0 saturated heterocycles. The van der Waals surface area contributed by atoms with Crippen molar-refractivity contribution in [3.8, 4) is 0 Å². The maximum absolute atomic E-state index is 9.51. The van der Waals surface area contributed by atoms with Crippen molar-refractivity contribution in [2.45, 2.75) is 39.7 Å². The molecule has 0 aromatic carbocycles. The van der Waals surface area contributed by atoms with E-state index in [4.69, 9.17) is 0 Å². The van der Waals surface area contributed by atoms with E-state index < -0.39 is 0 Å². The van der Waals surface area contributed by atoms with E-state index in [-0.39, 0.29) is 11.5 Å². The monoisotopic (exact) mass is 142 g/mol. The average Bonchev–Trinajstić information content (AvgIpc) is 1.89. The molecule has 0 heterocycles. The van der Waals surface area contributed by atoms with E-state index in [9.17, 15) is 5.11 Å². The van der Waals surface area contributed by atoms with Crippen LogP contribution >= 0.6 is 0 Å². The Bertz CT molecular complexity index is 105. The molecule has 0 amide bonds. The van der Waals surface area contributed by atoms with Crippen molar-refractivity contribution >= 4 is 0 Å². The standard InChI is InChI=1S/C9H18O/c1-5-7-8(10)9(3,4)6-2/h6,8,10H,2,5,7H2,1,3-4H3. The Morgan fingerprint density at radius 1 is 1.60 bits per heavy atom. The fourth-order valence-corrected chi connectivity index (χ4v) is 0.781. The molecule has 1 atom stereocenters. The third-order valence-electron chi connectivity index (χ3n) is 1.95. The van der Waals surface area contributed by atoms with Crippen LogP contribution < -0.4 is 0 Å². The molecule has 0 aromatic rings. The van der Waals surface area contributed by atoms with Crippen LogP contribution in [-0.2, 0) is 0 Å². The van der Waals surface area contributed by atoms with Crippen LogP contribution in [0.25, 0.3) is 0 Å². The zero-order valence-electron chi connectivity index (χ0n) is 7.22. The quantitative estimate of drug-likeness (QED) is 0.597. The van der Waals surface area contributed by atoms with Gasteiger partial charge in [0.1, 0.15) is 0 Å². The van der Waals surface area contributed by atoms with E-state index in [1.807, 2.05) is 19.9 Å². The summed E-state index contributed by atoms with van der Waals surface area (Å²) in [5, 5.41) is 9.51. The lowest BCUT2D eigenvalue weighted by Crippen LogP contribution is -2.26. The third-order valence-corrected chi connectivity index (χ3v) is 1.95. The fourth-order valence-electron chi connectivity index (χ4n) is 0.781. The molecule has 1 heteroatoms. The van der Waals surface area contributed by atoms with Gasteiger partial charge in [-0.15, -0.1) is 6.58 Å². The lowest BCUT2D eigenvalue weighted by Gasteiger charge is -2.26. The maximum Gasteiger partial charge on any atom is 0.0625 e. The molecule has 0 aliphatic heterocycles. The molecule has 0 rings (SSSR count). The van der Waals surface area contributed by atoms with Gasteiger partial charge in [0.25, 0.3) is 0 Å². The molecule has 0 fully saturated rings. The smallest absolute Gasteiger partial charge is 0.0625 e. The van der Waals surface area contributed by atoms with Gasteiger partial charge in [-0.1, -0.05) is 33.3 Å². The molecular formula is C9H18O. The predicted molar refractivity (Wildman–Crippen MR) is 44.9 cm³/mol. The Labute approximate surface area is 63.8 Å². The first kappa shape index (κ1) is 9.70. The summed E-state index contributed by atoms with van der Waals surface area (Å²) in [6.45, 7) is 9.75. The minimum atomic E-state index is -0.241. The predicted octanol–water partition coefficient (Wildman–Crippen LogP) is 2.36. The van der Waals surface area contributed by atoms with Gasteiger partial charge >= 0.3 is 0 Å². The average molecular weight is 142 g/mol. The Balaban J connectivity index is 3.90. The molecule has 0 saturated carbocycles. The molecule has 60 valence electrons. The summed E-state index contributed by atoms with van der Waals surface area (Å²) in [5.74, 6) is 0. The van der Waals surface area contributed by atoms with Crippen molar-refractivity contribution in [1.29, 1.82) is 0 Å².